The van der Waals surface area contributed by atoms with Crippen LogP contribution in [-0.4, -0.2) is 38.1 Å². The minimum Gasteiger partial charge on any atom is -0.379 e. The fraction of sp³-hybridized carbons (Fsp3) is 1.00. The molecular formula is C13H30N2O2. The molecule has 0 heterocycles. The summed E-state index contributed by atoms with van der Waals surface area (Å²) >= 11 is 0. The largest absolute Gasteiger partial charge is 0.379 e. The van der Waals surface area contributed by atoms with Crippen LogP contribution in [0.15, 0.2) is 0 Å². The summed E-state index contributed by atoms with van der Waals surface area (Å²) in [6.45, 7) is 11.1. The van der Waals surface area contributed by atoms with Crippen molar-refractivity contribution in [3.05, 3.63) is 0 Å². The summed E-state index contributed by atoms with van der Waals surface area (Å²) in [5.74, 6) is 0. The first-order chi connectivity index (χ1) is 8.02. The average Bonchev–Trinajstić information content (AvgIpc) is 2.30. The Morgan fingerprint density at radius 1 is 1.29 bits per heavy atom. The van der Waals surface area contributed by atoms with E-state index in [1.165, 1.54) is 0 Å². The lowest BCUT2D eigenvalue weighted by molar-refractivity contribution is -0.0277. The first-order valence-corrected chi connectivity index (χ1v) is 6.75. The molecule has 0 aromatic carbocycles. The quantitative estimate of drug-likeness (QED) is 0.432. The van der Waals surface area contributed by atoms with Crippen LogP contribution in [0, 0.1) is 0 Å². The third-order valence-electron chi connectivity index (χ3n) is 2.44. The van der Waals surface area contributed by atoms with Gasteiger partial charge in [-0.25, -0.2) is 0 Å². The van der Waals surface area contributed by atoms with Crippen LogP contribution >= 0.6 is 0 Å². The van der Waals surface area contributed by atoms with Gasteiger partial charge >= 0.3 is 0 Å². The second kappa shape index (κ2) is 9.83. The maximum absolute atomic E-state index is 6.05. The Hall–Kier alpha value is -0.160. The molecule has 0 bridgehead atoms. The Labute approximate surface area is 106 Å². The van der Waals surface area contributed by atoms with E-state index < -0.39 is 5.66 Å². The summed E-state index contributed by atoms with van der Waals surface area (Å²) in [6, 6.07) is 0. The predicted octanol–water partition coefficient (Wildman–Crippen LogP) is 1.88. The van der Waals surface area contributed by atoms with Gasteiger partial charge in [0.1, 0.15) is 0 Å². The Balaban J connectivity index is 3.56. The van der Waals surface area contributed by atoms with Crippen molar-refractivity contribution in [3.8, 4) is 0 Å². The highest BCUT2D eigenvalue weighted by Crippen LogP contribution is 2.00. The molecule has 0 amide bonds. The molecule has 0 aliphatic rings. The second-order valence-corrected chi connectivity index (χ2v) is 4.89. The second-order valence-electron chi connectivity index (χ2n) is 4.89. The molecule has 4 nitrogen and oxygen atoms in total. The molecule has 0 saturated heterocycles. The minimum atomic E-state index is -0.451. The molecule has 0 aliphatic carbocycles. The van der Waals surface area contributed by atoms with Crippen molar-refractivity contribution in [2.45, 2.75) is 58.7 Å². The minimum absolute atomic E-state index is 0.0955. The van der Waals surface area contributed by atoms with Crippen molar-refractivity contribution in [2.75, 3.05) is 26.4 Å². The smallest absolute Gasteiger partial charge is 0.0873 e. The van der Waals surface area contributed by atoms with E-state index in [0.717, 1.165) is 32.4 Å². The Kier molecular flexibility index (Phi) is 9.74. The van der Waals surface area contributed by atoms with Crippen LogP contribution in [0.3, 0.4) is 0 Å². The first kappa shape index (κ1) is 16.8. The third-order valence-corrected chi connectivity index (χ3v) is 2.44. The molecule has 0 aromatic heterocycles. The summed E-state index contributed by atoms with van der Waals surface area (Å²) in [7, 11) is 0. The van der Waals surface area contributed by atoms with Crippen molar-refractivity contribution in [1.29, 1.82) is 0 Å². The monoisotopic (exact) mass is 246 g/mol. The molecule has 0 rings (SSSR count). The maximum Gasteiger partial charge on any atom is 0.0873 e. The van der Waals surface area contributed by atoms with Gasteiger partial charge in [-0.3, -0.25) is 5.32 Å². The molecule has 2 atom stereocenters. The van der Waals surface area contributed by atoms with Crippen molar-refractivity contribution >= 4 is 0 Å². The van der Waals surface area contributed by atoms with E-state index in [-0.39, 0.29) is 6.10 Å². The van der Waals surface area contributed by atoms with Crippen molar-refractivity contribution in [3.63, 3.8) is 0 Å². The third kappa shape index (κ3) is 10.7. The van der Waals surface area contributed by atoms with E-state index in [1.807, 2.05) is 13.8 Å². The van der Waals surface area contributed by atoms with Gasteiger partial charge in [-0.15, -0.1) is 0 Å². The van der Waals surface area contributed by atoms with Gasteiger partial charge in [-0.05, 0) is 33.2 Å². The lowest BCUT2D eigenvalue weighted by atomic mass is 10.2. The average molecular weight is 246 g/mol. The normalized spacial score (nSPS) is 16.8. The van der Waals surface area contributed by atoms with E-state index in [9.17, 15) is 0 Å². The van der Waals surface area contributed by atoms with Crippen LogP contribution in [-0.2, 0) is 9.47 Å². The van der Waals surface area contributed by atoms with Gasteiger partial charge in [0, 0.05) is 6.61 Å². The fourth-order valence-electron chi connectivity index (χ4n) is 1.32. The first-order valence-electron chi connectivity index (χ1n) is 6.75. The SMILES string of the molecule is CCCCOCC(C)OCC(C)(N)NCCC. The summed E-state index contributed by atoms with van der Waals surface area (Å²) < 4.78 is 11.2. The van der Waals surface area contributed by atoms with Gasteiger partial charge < -0.3 is 15.2 Å². The van der Waals surface area contributed by atoms with E-state index in [2.05, 4.69) is 19.2 Å². The number of nitrogens with two attached hydrogens (primary N) is 1. The zero-order chi connectivity index (χ0) is 13.1. The lowest BCUT2D eigenvalue weighted by Gasteiger charge is -2.27. The van der Waals surface area contributed by atoms with Gasteiger partial charge in [0.05, 0.1) is 25.0 Å². The van der Waals surface area contributed by atoms with Crippen LogP contribution in [0.1, 0.15) is 47.0 Å². The summed E-state index contributed by atoms with van der Waals surface area (Å²) in [5.41, 5.74) is 5.60. The number of hydrogen-bond acceptors (Lipinski definition) is 4. The van der Waals surface area contributed by atoms with Crippen molar-refractivity contribution in [2.24, 2.45) is 5.73 Å². The summed E-state index contributed by atoms with van der Waals surface area (Å²) in [6.07, 6.45) is 3.44. The number of rotatable bonds is 11. The van der Waals surface area contributed by atoms with Gasteiger partial charge in [0.2, 0.25) is 0 Å². The fourth-order valence-corrected chi connectivity index (χ4v) is 1.32. The Morgan fingerprint density at radius 3 is 2.59 bits per heavy atom. The van der Waals surface area contributed by atoms with Crippen molar-refractivity contribution < 1.29 is 9.47 Å². The molecule has 2 unspecified atom stereocenters. The summed E-state index contributed by atoms with van der Waals surface area (Å²) in [4.78, 5) is 0. The molecule has 0 radical (unpaired) electrons. The van der Waals surface area contributed by atoms with E-state index in [4.69, 9.17) is 15.2 Å². The zero-order valence-corrected chi connectivity index (χ0v) is 11.9. The highest BCUT2D eigenvalue weighted by atomic mass is 16.5. The molecular weight excluding hydrogens is 216 g/mol. The van der Waals surface area contributed by atoms with Crippen LogP contribution in [0.5, 0.6) is 0 Å². The molecule has 0 fully saturated rings. The highest BCUT2D eigenvalue weighted by molar-refractivity contribution is 4.75. The van der Waals surface area contributed by atoms with Crippen LogP contribution in [0.4, 0.5) is 0 Å². The van der Waals surface area contributed by atoms with E-state index >= 15 is 0 Å². The number of ether oxygens (including phenoxy) is 2. The number of nitrogens with one attached hydrogen (secondary N) is 1. The molecule has 0 aliphatic heterocycles. The molecule has 4 heteroatoms. The highest BCUT2D eigenvalue weighted by Gasteiger charge is 2.18. The topological polar surface area (TPSA) is 56.5 Å². The predicted molar refractivity (Wildman–Crippen MR) is 72.0 cm³/mol. The number of hydrogen-bond donors (Lipinski definition) is 2. The zero-order valence-electron chi connectivity index (χ0n) is 11.9. The molecule has 17 heavy (non-hydrogen) atoms. The number of unbranched alkanes of at least 4 members (excludes halogenated alkanes) is 1. The van der Waals surface area contributed by atoms with Gasteiger partial charge in [-0.1, -0.05) is 20.3 Å². The lowest BCUT2D eigenvalue weighted by Crippen LogP contribution is -2.55. The summed E-state index contributed by atoms with van der Waals surface area (Å²) in [5, 5.41) is 3.25. The van der Waals surface area contributed by atoms with Crippen LogP contribution in [0.2, 0.25) is 0 Å². The van der Waals surface area contributed by atoms with Gasteiger partial charge in [0.25, 0.3) is 0 Å². The standard InChI is InChI=1S/C13H30N2O2/c1-5-7-9-16-10-12(3)17-11-13(4,14)15-8-6-2/h12,15H,5-11,14H2,1-4H3. The molecule has 0 saturated carbocycles. The molecule has 0 spiro atoms. The van der Waals surface area contributed by atoms with Gasteiger partial charge in [-0.2, -0.15) is 0 Å². The molecule has 3 N–H and O–H groups in total. The van der Waals surface area contributed by atoms with Gasteiger partial charge in [0.15, 0.2) is 0 Å². The van der Waals surface area contributed by atoms with E-state index in [0.29, 0.717) is 13.2 Å². The van der Waals surface area contributed by atoms with E-state index in [1.54, 1.807) is 0 Å². The van der Waals surface area contributed by atoms with Crippen LogP contribution in [0.25, 0.3) is 0 Å². The van der Waals surface area contributed by atoms with Crippen molar-refractivity contribution in [1.82, 2.24) is 5.32 Å². The Bertz CT molecular complexity index is 175. The maximum atomic E-state index is 6.05. The molecule has 104 valence electrons. The Morgan fingerprint density at radius 2 is 2.00 bits per heavy atom. The molecule has 0 aromatic rings. The van der Waals surface area contributed by atoms with Crippen LogP contribution < -0.4 is 11.1 Å².